The molecule has 30 heavy (non-hydrogen) atoms. The lowest BCUT2D eigenvalue weighted by atomic mass is 10.1. The molecule has 2 aromatic rings. The molecule has 3 heterocycles. The van der Waals surface area contributed by atoms with Crippen molar-refractivity contribution in [3.8, 4) is 5.75 Å². The Balaban J connectivity index is 1.40. The van der Waals surface area contributed by atoms with Crippen LogP contribution in [0, 0.1) is 0 Å². The third-order valence-electron chi connectivity index (χ3n) is 5.86. The summed E-state index contributed by atoms with van der Waals surface area (Å²) < 4.78 is 7.63. The van der Waals surface area contributed by atoms with E-state index in [-0.39, 0.29) is 11.8 Å². The van der Waals surface area contributed by atoms with Crippen molar-refractivity contribution in [3.05, 3.63) is 42.2 Å². The van der Waals surface area contributed by atoms with Crippen LogP contribution in [-0.4, -0.2) is 69.7 Å². The number of benzene rings is 1. The molecule has 2 atom stereocenters. The molecule has 0 aliphatic carbocycles. The number of nitrogens with zero attached hydrogens (tertiary/aromatic N) is 5. The molecule has 160 valence electrons. The standard InChI is InChI=1S/C22H29N5O3/c1-4-26-15-18(13-23-26)14-24-9-11-25(12-10-24)21(28)16(2)27-19-7-5-6-8-20(19)30-17(3)22(27)29/h5-8,13,15-17H,4,9-12,14H2,1-3H3/t16-,17-/m0/s1. The van der Waals surface area contributed by atoms with Crippen LogP contribution >= 0.6 is 0 Å². The Bertz CT molecular complexity index is 919. The quantitative estimate of drug-likeness (QED) is 0.750. The van der Waals surface area contributed by atoms with Gasteiger partial charge in [-0.05, 0) is 32.9 Å². The van der Waals surface area contributed by atoms with E-state index in [2.05, 4.69) is 23.1 Å². The first kappa shape index (κ1) is 20.4. The van der Waals surface area contributed by atoms with Crippen LogP contribution in [0.5, 0.6) is 5.75 Å². The third kappa shape index (κ3) is 3.92. The lowest BCUT2D eigenvalue weighted by Gasteiger charge is -2.40. The van der Waals surface area contributed by atoms with Crippen LogP contribution in [0.3, 0.4) is 0 Å². The number of carbonyl (C=O) groups excluding carboxylic acids is 2. The number of ether oxygens (including phenoxy) is 1. The highest BCUT2D eigenvalue weighted by Gasteiger charge is 2.38. The fourth-order valence-electron chi connectivity index (χ4n) is 4.13. The smallest absolute Gasteiger partial charge is 0.268 e. The number of hydrogen-bond donors (Lipinski definition) is 0. The molecule has 2 amide bonds. The van der Waals surface area contributed by atoms with Gasteiger partial charge in [-0.2, -0.15) is 5.10 Å². The predicted octanol–water partition coefficient (Wildman–Crippen LogP) is 1.75. The first-order valence-corrected chi connectivity index (χ1v) is 10.6. The van der Waals surface area contributed by atoms with Gasteiger partial charge in [-0.25, -0.2) is 0 Å². The van der Waals surface area contributed by atoms with Crippen molar-refractivity contribution >= 4 is 17.5 Å². The second-order valence-electron chi connectivity index (χ2n) is 7.92. The molecule has 0 spiro atoms. The summed E-state index contributed by atoms with van der Waals surface area (Å²) in [5.41, 5.74) is 1.85. The van der Waals surface area contributed by atoms with Gasteiger partial charge in [0.2, 0.25) is 5.91 Å². The Morgan fingerprint density at radius 1 is 1.23 bits per heavy atom. The minimum absolute atomic E-state index is 0.0225. The van der Waals surface area contributed by atoms with Gasteiger partial charge in [0.05, 0.1) is 11.9 Å². The molecule has 2 aliphatic heterocycles. The molecule has 1 aromatic heterocycles. The molecule has 1 fully saturated rings. The largest absolute Gasteiger partial charge is 0.479 e. The van der Waals surface area contributed by atoms with Gasteiger partial charge in [0, 0.05) is 51.0 Å². The van der Waals surface area contributed by atoms with Crippen LogP contribution in [0.25, 0.3) is 0 Å². The van der Waals surface area contributed by atoms with Crippen molar-refractivity contribution in [2.75, 3.05) is 31.1 Å². The fraction of sp³-hybridized carbons (Fsp3) is 0.500. The molecular weight excluding hydrogens is 382 g/mol. The summed E-state index contributed by atoms with van der Waals surface area (Å²) in [6, 6.07) is 6.82. The van der Waals surface area contributed by atoms with Gasteiger partial charge < -0.3 is 9.64 Å². The predicted molar refractivity (Wildman–Crippen MR) is 113 cm³/mol. The first-order chi connectivity index (χ1) is 14.5. The third-order valence-corrected chi connectivity index (χ3v) is 5.86. The highest BCUT2D eigenvalue weighted by molar-refractivity contribution is 6.05. The molecular formula is C22H29N5O3. The van der Waals surface area contributed by atoms with E-state index >= 15 is 0 Å². The number of para-hydroxylation sites is 2. The van der Waals surface area contributed by atoms with Gasteiger partial charge in [0.1, 0.15) is 11.8 Å². The van der Waals surface area contributed by atoms with Crippen LogP contribution in [-0.2, 0) is 22.7 Å². The summed E-state index contributed by atoms with van der Waals surface area (Å²) in [4.78, 5) is 31.8. The average molecular weight is 412 g/mol. The minimum Gasteiger partial charge on any atom is -0.479 e. The fourth-order valence-corrected chi connectivity index (χ4v) is 4.13. The van der Waals surface area contributed by atoms with E-state index in [0.29, 0.717) is 24.5 Å². The highest BCUT2D eigenvalue weighted by Crippen LogP contribution is 2.35. The van der Waals surface area contributed by atoms with Crippen LogP contribution in [0.4, 0.5) is 5.69 Å². The van der Waals surface area contributed by atoms with E-state index in [0.717, 1.165) is 26.2 Å². The lowest BCUT2D eigenvalue weighted by molar-refractivity contribution is -0.137. The van der Waals surface area contributed by atoms with E-state index in [1.165, 1.54) is 5.56 Å². The normalized spacial score (nSPS) is 20.6. The second-order valence-corrected chi connectivity index (χ2v) is 7.92. The van der Waals surface area contributed by atoms with Gasteiger partial charge in [-0.15, -0.1) is 0 Å². The summed E-state index contributed by atoms with van der Waals surface area (Å²) in [7, 11) is 0. The Hall–Kier alpha value is -2.87. The van der Waals surface area contributed by atoms with E-state index in [9.17, 15) is 9.59 Å². The van der Waals surface area contributed by atoms with Crippen LogP contribution in [0.15, 0.2) is 36.7 Å². The number of anilines is 1. The van der Waals surface area contributed by atoms with E-state index in [1.54, 1.807) is 18.7 Å². The maximum absolute atomic E-state index is 13.2. The van der Waals surface area contributed by atoms with Gasteiger partial charge in [0.25, 0.3) is 5.91 Å². The Labute approximate surface area is 177 Å². The molecule has 0 N–H and O–H groups in total. The molecule has 8 nitrogen and oxygen atoms in total. The maximum atomic E-state index is 13.2. The van der Waals surface area contributed by atoms with Crippen molar-refractivity contribution in [3.63, 3.8) is 0 Å². The van der Waals surface area contributed by atoms with Crippen molar-refractivity contribution in [1.82, 2.24) is 19.6 Å². The van der Waals surface area contributed by atoms with E-state index in [4.69, 9.17) is 4.74 Å². The van der Waals surface area contributed by atoms with E-state index in [1.807, 2.05) is 40.0 Å². The minimum atomic E-state index is -0.601. The number of piperazine rings is 1. The van der Waals surface area contributed by atoms with Gasteiger partial charge in [-0.3, -0.25) is 24.1 Å². The molecule has 2 aliphatic rings. The lowest BCUT2D eigenvalue weighted by Crippen LogP contribution is -2.57. The monoisotopic (exact) mass is 411 g/mol. The molecule has 4 rings (SSSR count). The summed E-state index contributed by atoms with van der Waals surface area (Å²) in [6.07, 6.45) is 3.38. The number of carbonyl (C=O) groups is 2. The SMILES string of the molecule is CCn1cc(CN2CCN(C(=O)[C@H](C)N3C(=O)[C@H](C)Oc4ccccc43)CC2)cn1. The molecule has 8 heteroatoms. The maximum Gasteiger partial charge on any atom is 0.268 e. The molecule has 0 radical (unpaired) electrons. The highest BCUT2D eigenvalue weighted by atomic mass is 16.5. The zero-order valence-corrected chi connectivity index (χ0v) is 17.8. The van der Waals surface area contributed by atoms with Gasteiger partial charge in [0.15, 0.2) is 6.10 Å². The van der Waals surface area contributed by atoms with E-state index < -0.39 is 12.1 Å². The average Bonchev–Trinajstić information content (AvgIpc) is 3.22. The molecule has 0 bridgehead atoms. The topological polar surface area (TPSA) is 70.9 Å². The number of fused-ring (bicyclic) bond motifs is 1. The molecule has 1 aromatic carbocycles. The number of aromatic nitrogens is 2. The van der Waals surface area contributed by atoms with Crippen molar-refractivity contribution in [2.45, 2.75) is 46.0 Å². The Morgan fingerprint density at radius 3 is 2.67 bits per heavy atom. The first-order valence-electron chi connectivity index (χ1n) is 10.6. The van der Waals surface area contributed by atoms with Crippen LogP contribution in [0.2, 0.25) is 0 Å². The van der Waals surface area contributed by atoms with Crippen LogP contribution < -0.4 is 9.64 Å². The van der Waals surface area contributed by atoms with Crippen molar-refractivity contribution in [2.24, 2.45) is 0 Å². The number of aryl methyl sites for hydroxylation is 1. The van der Waals surface area contributed by atoms with Crippen LogP contribution in [0.1, 0.15) is 26.3 Å². The Kier molecular flexibility index (Phi) is 5.76. The van der Waals surface area contributed by atoms with Crippen molar-refractivity contribution in [1.29, 1.82) is 0 Å². The second kappa shape index (κ2) is 8.47. The van der Waals surface area contributed by atoms with Gasteiger partial charge >= 0.3 is 0 Å². The Morgan fingerprint density at radius 2 is 1.97 bits per heavy atom. The summed E-state index contributed by atoms with van der Waals surface area (Å²) in [5.74, 6) is 0.438. The molecule has 0 saturated carbocycles. The molecule has 0 unspecified atom stereocenters. The summed E-state index contributed by atoms with van der Waals surface area (Å²) in [6.45, 7) is 10.2. The summed E-state index contributed by atoms with van der Waals surface area (Å²) in [5, 5.41) is 4.33. The number of amides is 2. The summed E-state index contributed by atoms with van der Waals surface area (Å²) >= 11 is 0. The van der Waals surface area contributed by atoms with Crippen molar-refractivity contribution < 1.29 is 14.3 Å². The zero-order chi connectivity index (χ0) is 21.3. The van der Waals surface area contributed by atoms with Gasteiger partial charge in [-0.1, -0.05) is 12.1 Å². The molecule has 1 saturated heterocycles. The number of rotatable bonds is 5. The zero-order valence-electron chi connectivity index (χ0n) is 17.8. The number of hydrogen-bond acceptors (Lipinski definition) is 5.